The molecule has 0 unspecified atom stereocenters. The second kappa shape index (κ2) is 11.7. The third-order valence-electron chi connectivity index (χ3n) is 4.02. The predicted molar refractivity (Wildman–Crippen MR) is 115 cm³/mol. The Kier molecular flexibility index (Phi) is 10.3. The van der Waals surface area contributed by atoms with Crippen molar-refractivity contribution in [3.63, 3.8) is 0 Å². The van der Waals surface area contributed by atoms with Crippen LogP contribution in [0.1, 0.15) is 41.8 Å². The maximum absolute atomic E-state index is 11.6. The lowest BCUT2D eigenvalue weighted by Gasteiger charge is -2.15. The smallest absolute Gasteiger partial charge is 0.222 e. The third kappa shape index (κ3) is 7.47. The van der Waals surface area contributed by atoms with Crippen LogP contribution >= 0.6 is 35.3 Å². The molecule has 6 nitrogen and oxygen atoms in total. The molecule has 0 bridgehead atoms. The summed E-state index contributed by atoms with van der Waals surface area (Å²) >= 11 is 1.77. The van der Waals surface area contributed by atoms with Crippen molar-refractivity contribution < 1.29 is 4.79 Å². The maximum Gasteiger partial charge on any atom is 0.222 e. The molecule has 0 spiro atoms. The Hall–Kier alpha value is -0.900. The number of guanidine groups is 1. The first-order valence-corrected chi connectivity index (χ1v) is 9.64. The lowest BCUT2D eigenvalue weighted by Crippen LogP contribution is -2.38. The van der Waals surface area contributed by atoms with Crippen LogP contribution in [0, 0.1) is 13.8 Å². The molecule has 0 radical (unpaired) electrons. The number of hydrogen-bond donors (Lipinski definition) is 2. The lowest BCUT2D eigenvalue weighted by molar-refractivity contribution is -0.127. The van der Waals surface area contributed by atoms with Crippen LogP contribution in [0.2, 0.25) is 0 Å². The highest BCUT2D eigenvalue weighted by molar-refractivity contribution is 14.0. The number of nitrogens with one attached hydrogen (secondary N) is 2. The van der Waals surface area contributed by atoms with Crippen LogP contribution < -0.4 is 10.6 Å². The van der Waals surface area contributed by atoms with Crippen molar-refractivity contribution in [2.24, 2.45) is 4.99 Å². The summed E-state index contributed by atoms with van der Waals surface area (Å²) in [5.74, 6) is 1.14. The minimum absolute atomic E-state index is 0. The summed E-state index contributed by atoms with van der Waals surface area (Å²) in [7, 11) is 0. The predicted octanol–water partition coefficient (Wildman–Crippen LogP) is 2.49. The number of carbonyl (C=O) groups excluding carboxylic acids is 1. The number of aryl methyl sites for hydroxylation is 2. The van der Waals surface area contributed by atoms with E-state index in [1.165, 1.54) is 4.88 Å². The zero-order valence-electron chi connectivity index (χ0n) is 15.4. The molecule has 1 amide bonds. The molecule has 2 rings (SSSR count). The summed E-state index contributed by atoms with van der Waals surface area (Å²) < 4.78 is 0. The molecular weight excluding hydrogens is 449 g/mol. The van der Waals surface area contributed by atoms with Gasteiger partial charge in [0.2, 0.25) is 5.91 Å². The van der Waals surface area contributed by atoms with E-state index in [0.29, 0.717) is 12.3 Å². The molecule has 0 atom stereocenters. The van der Waals surface area contributed by atoms with Crippen LogP contribution in [0.3, 0.4) is 0 Å². The summed E-state index contributed by atoms with van der Waals surface area (Å²) in [6.45, 7) is 10.3. The van der Waals surface area contributed by atoms with Gasteiger partial charge in [-0.25, -0.2) is 4.98 Å². The highest BCUT2D eigenvalue weighted by Gasteiger charge is 2.18. The van der Waals surface area contributed by atoms with E-state index in [0.717, 1.165) is 68.6 Å². The summed E-state index contributed by atoms with van der Waals surface area (Å²) in [5.41, 5.74) is 1.14. The minimum Gasteiger partial charge on any atom is -0.357 e. The summed E-state index contributed by atoms with van der Waals surface area (Å²) in [5, 5.41) is 7.78. The SMILES string of the molecule is CCNC(=NCCCN1CCCC1=O)NCCc1sc(C)nc1C.I. The summed E-state index contributed by atoms with van der Waals surface area (Å²) in [6, 6.07) is 0. The second-order valence-electron chi connectivity index (χ2n) is 6.02. The minimum atomic E-state index is 0. The molecule has 1 aromatic rings. The van der Waals surface area contributed by atoms with Crippen LogP contribution in [0.15, 0.2) is 4.99 Å². The largest absolute Gasteiger partial charge is 0.357 e. The maximum atomic E-state index is 11.6. The number of amides is 1. The van der Waals surface area contributed by atoms with Gasteiger partial charge in [-0.1, -0.05) is 0 Å². The topological polar surface area (TPSA) is 69.6 Å². The number of likely N-dealkylation sites (tertiary alicyclic amines) is 1. The molecule has 1 saturated heterocycles. The number of nitrogens with zero attached hydrogens (tertiary/aromatic N) is 3. The number of carbonyl (C=O) groups is 1. The first kappa shape index (κ1) is 22.1. The van der Waals surface area contributed by atoms with E-state index in [1.54, 1.807) is 11.3 Å². The van der Waals surface area contributed by atoms with Crippen molar-refractivity contribution >= 4 is 47.2 Å². The van der Waals surface area contributed by atoms with Gasteiger partial charge in [0.25, 0.3) is 0 Å². The van der Waals surface area contributed by atoms with E-state index in [4.69, 9.17) is 0 Å². The Bertz CT molecular complexity index is 575. The van der Waals surface area contributed by atoms with Gasteiger partial charge in [0.15, 0.2) is 5.96 Å². The lowest BCUT2D eigenvalue weighted by atomic mass is 10.3. The standard InChI is InChI=1S/C17H29N5OS.HI/c1-4-18-17(19-9-6-12-22-11-5-7-16(22)23)20-10-8-15-13(2)21-14(3)24-15;/h4-12H2,1-3H3,(H2,18,19,20);1H. The Labute approximate surface area is 171 Å². The number of aromatic nitrogens is 1. The van der Waals surface area contributed by atoms with Gasteiger partial charge in [-0.05, 0) is 33.6 Å². The number of rotatable bonds is 8. The van der Waals surface area contributed by atoms with Gasteiger partial charge >= 0.3 is 0 Å². The van der Waals surface area contributed by atoms with E-state index < -0.39 is 0 Å². The molecule has 0 aliphatic carbocycles. The zero-order chi connectivity index (χ0) is 17.4. The molecule has 1 fully saturated rings. The molecule has 2 heterocycles. The van der Waals surface area contributed by atoms with Crippen molar-refractivity contribution in [3.8, 4) is 0 Å². The Balaban J connectivity index is 0.00000312. The van der Waals surface area contributed by atoms with Crippen LogP contribution in [0.25, 0.3) is 0 Å². The molecule has 0 aromatic carbocycles. The normalized spacial score (nSPS) is 14.6. The van der Waals surface area contributed by atoms with E-state index in [2.05, 4.69) is 34.5 Å². The molecule has 0 saturated carbocycles. The van der Waals surface area contributed by atoms with Gasteiger partial charge in [0.05, 0.1) is 10.7 Å². The third-order valence-corrected chi connectivity index (χ3v) is 5.15. The van der Waals surface area contributed by atoms with Crippen LogP contribution in [-0.4, -0.2) is 54.5 Å². The number of hydrogen-bond acceptors (Lipinski definition) is 4. The Morgan fingerprint density at radius 2 is 2.16 bits per heavy atom. The van der Waals surface area contributed by atoms with E-state index in [-0.39, 0.29) is 24.0 Å². The van der Waals surface area contributed by atoms with Gasteiger partial charge < -0.3 is 15.5 Å². The van der Waals surface area contributed by atoms with Gasteiger partial charge in [-0.2, -0.15) is 0 Å². The Morgan fingerprint density at radius 1 is 1.36 bits per heavy atom. The fourth-order valence-electron chi connectivity index (χ4n) is 2.83. The van der Waals surface area contributed by atoms with Crippen molar-refractivity contribution in [1.82, 2.24) is 20.5 Å². The highest BCUT2D eigenvalue weighted by atomic mass is 127. The van der Waals surface area contributed by atoms with Gasteiger partial charge in [-0.3, -0.25) is 9.79 Å². The summed E-state index contributed by atoms with van der Waals surface area (Å²) in [4.78, 5) is 23.9. The average molecular weight is 479 g/mol. The molecule has 8 heteroatoms. The number of aliphatic imine (C=N–C) groups is 1. The quantitative estimate of drug-likeness (QED) is 0.260. The molecule has 2 N–H and O–H groups in total. The molecule has 1 aliphatic heterocycles. The van der Waals surface area contributed by atoms with Crippen LogP contribution in [0.5, 0.6) is 0 Å². The van der Waals surface area contributed by atoms with Gasteiger partial charge in [0, 0.05) is 50.4 Å². The van der Waals surface area contributed by atoms with E-state index >= 15 is 0 Å². The number of halogens is 1. The van der Waals surface area contributed by atoms with Crippen molar-refractivity contribution in [2.75, 3.05) is 32.7 Å². The van der Waals surface area contributed by atoms with E-state index in [1.807, 2.05) is 11.8 Å². The molecular formula is C17H30IN5OS. The van der Waals surface area contributed by atoms with Crippen molar-refractivity contribution in [1.29, 1.82) is 0 Å². The fraction of sp³-hybridized carbons (Fsp3) is 0.706. The molecule has 25 heavy (non-hydrogen) atoms. The molecule has 1 aliphatic rings. The first-order chi connectivity index (χ1) is 11.6. The van der Waals surface area contributed by atoms with E-state index in [9.17, 15) is 4.79 Å². The van der Waals surface area contributed by atoms with Crippen molar-refractivity contribution in [3.05, 3.63) is 15.6 Å². The van der Waals surface area contributed by atoms with Crippen LogP contribution in [-0.2, 0) is 11.2 Å². The Morgan fingerprint density at radius 3 is 2.76 bits per heavy atom. The fourth-order valence-corrected chi connectivity index (χ4v) is 3.77. The van der Waals surface area contributed by atoms with Crippen molar-refractivity contribution in [2.45, 2.75) is 46.5 Å². The molecule has 142 valence electrons. The monoisotopic (exact) mass is 479 g/mol. The van der Waals surface area contributed by atoms with Gasteiger partial charge in [-0.15, -0.1) is 35.3 Å². The average Bonchev–Trinajstić information content (AvgIpc) is 3.09. The number of thiazole rings is 1. The second-order valence-corrected chi connectivity index (χ2v) is 7.30. The highest BCUT2D eigenvalue weighted by Crippen LogP contribution is 2.17. The zero-order valence-corrected chi connectivity index (χ0v) is 18.6. The summed E-state index contributed by atoms with van der Waals surface area (Å²) in [6.07, 6.45) is 3.59. The van der Waals surface area contributed by atoms with Gasteiger partial charge in [0.1, 0.15) is 0 Å². The first-order valence-electron chi connectivity index (χ1n) is 8.83. The van der Waals surface area contributed by atoms with Crippen LogP contribution in [0.4, 0.5) is 0 Å². The molecule has 1 aromatic heterocycles.